The Hall–Kier alpha value is -0.780. The number of benzene rings is 1. The molecule has 0 amide bonds. The lowest BCUT2D eigenvalue weighted by molar-refractivity contribution is 0.564. The number of hydrogen-bond acceptors (Lipinski definition) is 0. The molecular formula is C18H29. The molecule has 0 nitrogen and oxygen atoms in total. The summed E-state index contributed by atoms with van der Waals surface area (Å²) in [6.07, 6.45) is 13.9. The molecule has 101 valence electrons. The standard InChI is InChI=1S/C18H29/c1-3-4-5-6-7-8-9-10-11-15-18-16-13-12-14-17(18)2/h12-14H,3-11,15H2,1-2H3. The number of rotatable bonds is 10. The van der Waals surface area contributed by atoms with Crippen LogP contribution in [-0.2, 0) is 6.42 Å². The quantitative estimate of drug-likeness (QED) is 0.452. The minimum absolute atomic E-state index is 1.21. The van der Waals surface area contributed by atoms with E-state index in [2.05, 4.69) is 32.0 Å². The fraction of sp³-hybridized carbons (Fsp3) is 0.667. The average Bonchev–Trinajstić information content (AvgIpc) is 2.39. The maximum atomic E-state index is 3.36. The van der Waals surface area contributed by atoms with Crippen LogP contribution in [0, 0.1) is 13.0 Å². The summed E-state index contributed by atoms with van der Waals surface area (Å²) in [6.45, 7) is 4.47. The lowest BCUT2D eigenvalue weighted by Crippen LogP contribution is -1.90. The second-order valence-electron chi connectivity index (χ2n) is 5.41. The largest absolute Gasteiger partial charge is 0.0654 e. The van der Waals surface area contributed by atoms with Crippen molar-refractivity contribution in [1.82, 2.24) is 0 Å². The number of hydrogen-bond donors (Lipinski definition) is 0. The summed E-state index contributed by atoms with van der Waals surface area (Å²) in [5.74, 6) is 0. The van der Waals surface area contributed by atoms with Gasteiger partial charge in [-0.2, -0.15) is 0 Å². The van der Waals surface area contributed by atoms with Crippen molar-refractivity contribution in [2.75, 3.05) is 0 Å². The molecule has 1 radical (unpaired) electrons. The van der Waals surface area contributed by atoms with Crippen molar-refractivity contribution < 1.29 is 0 Å². The third-order valence-electron chi connectivity index (χ3n) is 3.71. The zero-order valence-electron chi connectivity index (χ0n) is 12.3. The van der Waals surface area contributed by atoms with Crippen molar-refractivity contribution in [2.24, 2.45) is 0 Å². The lowest BCUT2D eigenvalue weighted by Gasteiger charge is -2.05. The van der Waals surface area contributed by atoms with E-state index in [1.807, 2.05) is 6.07 Å². The first-order valence-electron chi connectivity index (χ1n) is 7.80. The van der Waals surface area contributed by atoms with Gasteiger partial charge in [0.2, 0.25) is 0 Å². The molecule has 18 heavy (non-hydrogen) atoms. The Labute approximate surface area is 114 Å². The molecular weight excluding hydrogens is 216 g/mol. The average molecular weight is 245 g/mol. The molecule has 0 bridgehead atoms. The van der Waals surface area contributed by atoms with Gasteiger partial charge in [0.15, 0.2) is 0 Å². The zero-order chi connectivity index (χ0) is 13.1. The predicted octanol–water partition coefficient (Wildman–Crippen LogP) is 5.87. The lowest BCUT2D eigenvalue weighted by atomic mass is 10.0. The van der Waals surface area contributed by atoms with Crippen LogP contribution in [0.2, 0.25) is 0 Å². The molecule has 0 aliphatic carbocycles. The molecule has 1 rings (SSSR count). The van der Waals surface area contributed by atoms with E-state index >= 15 is 0 Å². The van der Waals surface area contributed by atoms with Gasteiger partial charge < -0.3 is 0 Å². The Balaban J connectivity index is 1.94. The summed E-state index contributed by atoms with van der Waals surface area (Å²) >= 11 is 0. The molecule has 0 spiro atoms. The number of unbranched alkanes of at least 4 members (excludes halogenated alkanes) is 8. The van der Waals surface area contributed by atoms with Gasteiger partial charge in [0.05, 0.1) is 0 Å². The summed E-state index contributed by atoms with van der Waals surface area (Å²) in [5, 5.41) is 0. The molecule has 0 saturated carbocycles. The third kappa shape index (κ3) is 6.83. The molecule has 0 atom stereocenters. The first-order chi connectivity index (χ1) is 8.84. The Morgan fingerprint density at radius 2 is 1.50 bits per heavy atom. The molecule has 1 aromatic rings. The Kier molecular flexibility index (Phi) is 8.63. The van der Waals surface area contributed by atoms with Crippen molar-refractivity contribution >= 4 is 0 Å². The van der Waals surface area contributed by atoms with Crippen LogP contribution in [0.3, 0.4) is 0 Å². The summed E-state index contributed by atoms with van der Waals surface area (Å²) in [5.41, 5.74) is 2.82. The zero-order valence-corrected chi connectivity index (χ0v) is 12.3. The fourth-order valence-electron chi connectivity index (χ4n) is 2.44. The summed E-state index contributed by atoms with van der Waals surface area (Å²) in [6, 6.07) is 9.67. The van der Waals surface area contributed by atoms with Crippen LogP contribution in [-0.4, -0.2) is 0 Å². The minimum atomic E-state index is 1.21. The molecule has 0 heterocycles. The van der Waals surface area contributed by atoms with Crippen molar-refractivity contribution in [3.8, 4) is 0 Å². The van der Waals surface area contributed by atoms with Gasteiger partial charge in [-0.15, -0.1) is 0 Å². The molecule has 0 saturated heterocycles. The summed E-state index contributed by atoms with van der Waals surface area (Å²) in [7, 11) is 0. The van der Waals surface area contributed by atoms with Crippen LogP contribution >= 0.6 is 0 Å². The van der Waals surface area contributed by atoms with E-state index in [0.29, 0.717) is 0 Å². The molecule has 1 aromatic carbocycles. The molecule has 0 aliphatic rings. The van der Waals surface area contributed by atoms with Gasteiger partial charge >= 0.3 is 0 Å². The normalized spacial score (nSPS) is 10.8. The maximum absolute atomic E-state index is 3.36. The fourth-order valence-corrected chi connectivity index (χ4v) is 2.44. The highest BCUT2D eigenvalue weighted by Crippen LogP contribution is 2.13. The van der Waals surface area contributed by atoms with Gasteiger partial charge in [-0.1, -0.05) is 76.5 Å². The predicted molar refractivity (Wildman–Crippen MR) is 80.9 cm³/mol. The SMILES string of the molecule is CCCCCCCCCCCc1[c]cccc1C. The van der Waals surface area contributed by atoms with E-state index in [9.17, 15) is 0 Å². The van der Waals surface area contributed by atoms with Crippen molar-refractivity contribution in [3.05, 3.63) is 35.4 Å². The highest BCUT2D eigenvalue weighted by molar-refractivity contribution is 5.24. The number of aryl methyl sites for hydroxylation is 2. The highest BCUT2D eigenvalue weighted by atomic mass is 14.0. The van der Waals surface area contributed by atoms with Gasteiger partial charge in [0, 0.05) is 0 Å². The van der Waals surface area contributed by atoms with Gasteiger partial charge in [0.1, 0.15) is 0 Å². The van der Waals surface area contributed by atoms with Gasteiger partial charge in [0.25, 0.3) is 0 Å². The third-order valence-corrected chi connectivity index (χ3v) is 3.71. The van der Waals surface area contributed by atoms with Gasteiger partial charge in [-0.25, -0.2) is 0 Å². The Morgan fingerprint density at radius 1 is 0.889 bits per heavy atom. The topological polar surface area (TPSA) is 0 Å². The van der Waals surface area contributed by atoms with Crippen molar-refractivity contribution in [3.63, 3.8) is 0 Å². The summed E-state index contributed by atoms with van der Waals surface area (Å²) < 4.78 is 0. The molecule has 0 heteroatoms. The molecule has 0 N–H and O–H groups in total. The molecule has 0 fully saturated rings. The van der Waals surface area contributed by atoms with Crippen molar-refractivity contribution in [2.45, 2.75) is 78.1 Å². The smallest absolute Gasteiger partial charge is 0.0146 e. The monoisotopic (exact) mass is 245 g/mol. The van der Waals surface area contributed by atoms with E-state index in [1.165, 1.54) is 75.3 Å². The van der Waals surface area contributed by atoms with Gasteiger partial charge in [-0.3, -0.25) is 0 Å². The first kappa shape index (κ1) is 15.3. The second-order valence-corrected chi connectivity index (χ2v) is 5.41. The second kappa shape index (κ2) is 10.2. The summed E-state index contributed by atoms with van der Waals surface area (Å²) in [4.78, 5) is 0. The van der Waals surface area contributed by atoms with Crippen LogP contribution in [0.25, 0.3) is 0 Å². The van der Waals surface area contributed by atoms with Crippen LogP contribution in [0.5, 0.6) is 0 Å². The van der Waals surface area contributed by atoms with E-state index in [1.54, 1.807) is 0 Å². The van der Waals surface area contributed by atoms with Crippen LogP contribution in [0.4, 0.5) is 0 Å². The minimum Gasteiger partial charge on any atom is -0.0654 e. The van der Waals surface area contributed by atoms with E-state index in [0.717, 1.165) is 0 Å². The van der Waals surface area contributed by atoms with Crippen LogP contribution in [0.1, 0.15) is 75.8 Å². The van der Waals surface area contributed by atoms with E-state index in [-0.39, 0.29) is 0 Å². The molecule has 0 aromatic heterocycles. The van der Waals surface area contributed by atoms with E-state index < -0.39 is 0 Å². The molecule has 0 unspecified atom stereocenters. The maximum Gasteiger partial charge on any atom is -0.0146 e. The van der Waals surface area contributed by atoms with Crippen LogP contribution < -0.4 is 0 Å². The molecule has 0 aliphatic heterocycles. The first-order valence-corrected chi connectivity index (χ1v) is 7.80. The van der Waals surface area contributed by atoms with Crippen molar-refractivity contribution in [1.29, 1.82) is 0 Å². The van der Waals surface area contributed by atoms with Gasteiger partial charge in [-0.05, 0) is 37.0 Å². The Morgan fingerprint density at radius 3 is 2.11 bits per heavy atom. The van der Waals surface area contributed by atoms with E-state index in [4.69, 9.17) is 0 Å². The highest BCUT2D eigenvalue weighted by Gasteiger charge is 1.97. The van der Waals surface area contributed by atoms with Crippen LogP contribution in [0.15, 0.2) is 18.2 Å². The Bertz CT molecular complexity index is 301.